The molecule has 7 heteroatoms. The molecule has 0 atom stereocenters. The average Bonchev–Trinajstić information content (AvgIpc) is 3.93. The quantitative estimate of drug-likeness (QED) is 0.162. The van der Waals surface area contributed by atoms with Gasteiger partial charge in [-0.1, -0.05) is 104 Å². The maximum Gasteiger partial charge on any atom is 0.243 e. The molecule has 0 aromatic heterocycles. The topological polar surface area (TPSA) is 57.7 Å². The molecule has 3 fully saturated rings. The van der Waals surface area contributed by atoms with E-state index in [1.165, 1.54) is 70.6 Å². The van der Waals surface area contributed by atoms with E-state index in [0.29, 0.717) is 28.9 Å². The van der Waals surface area contributed by atoms with Gasteiger partial charge in [0.15, 0.2) is 0 Å². The number of carbonyl (C=O) groups excluding carboxylic acids is 1. The molecule has 1 heterocycles. The zero-order valence-electron chi connectivity index (χ0n) is 27.3. The number of carbonyl (C=O) groups is 1. The van der Waals surface area contributed by atoms with Crippen LogP contribution in [0.3, 0.4) is 0 Å². The van der Waals surface area contributed by atoms with Crippen molar-refractivity contribution >= 4 is 27.5 Å². The lowest BCUT2D eigenvalue weighted by Crippen LogP contribution is -2.35. The van der Waals surface area contributed by atoms with Crippen molar-refractivity contribution in [1.82, 2.24) is 9.21 Å². The van der Waals surface area contributed by atoms with E-state index in [4.69, 9.17) is 11.6 Å². The highest BCUT2D eigenvalue weighted by molar-refractivity contribution is 7.89. The summed E-state index contributed by atoms with van der Waals surface area (Å²) in [6.45, 7) is 12.0. The summed E-state index contributed by atoms with van der Waals surface area (Å²) in [6.07, 6.45) is 29.3. The van der Waals surface area contributed by atoms with Gasteiger partial charge in [-0.25, -0.2) is 8.42 Å². The van der Waals surface area contributed by atoms with Gasteiger partial charge in [0.05, 0.1) is 4.90 Å². The molecular formula is C35H61ClN2O3S. The zero-order chi connectivity index (χ0) is 31.6. The fraction of sp³-hybridized carbons (Fsp3) is 0.743. The number of terminal acetylenes is 1. The Bertz CT molecular complexity index is 899. The molecular weight excluding hydrogens is 564 g/mol. The smallest absolute Gasteiger partial charge is 0.243 e. The first kappa shape index (κ1) is 40.5. The molecule has 4 rings (SSSR count). The van der Waals surface area contributed by atoms with Crippen LogP contribution in [0.25, 0.3) is 0 Å². The van der Waals surface area contributed by atoms with Crippen molar-refractivity contribution in [2.45, 2.75) is 142 Å². The van der Waals surface area contributed by atoms with E-state index < -0.39 is 10.0 Å². The molecule has 1 aromatic rings. The van der Waals surface area contributed by atoms with Crippen LogP contribution in [-0.2, 0) is 14.8 Å². The van der Waals surface area contributed by atoms with E-state index in [0.717, 1.165) is 57.5 Å². The normalized spacial score (nSPS) is 15.6. The van der Waals surface area contributed by atoms with E-state index in [1.54, 1.807) is 28.6 Å². The van der Waals surface area contributed by atoms with Crippen LogP contribution in [0.1, 0.15) is 137 Å². The summed E-state index contributed by atoms with van der Waals surface area (Å²) in [4.78, 5) is 14.2. The third-order valence-electron chi connectivity index (χ3n) is 7.12. The molecule has 42 heavy (non-hydrogen) atoms. The molecule has 2 aliphatic carbocycles. The third-order valence-corrected chi connectivity index (χ3v) is 9.28. The van der Waals surface area contributed by atoms with Crippen LogP contribution in [0.15, 0.2) is 29.2 Å². The van der Waals surface area contributed by atoms with E-state index >= 15 is 0 Å². The third kappa shape index (κ3) is 20.4. The highest BCUT2D eigenvalue weighted by Gasteiger charge is 2.27. The van der Waals surface area contributed by atoms with Gasteiger partial charge in [0.2, 0.25) is 15.9 Å². The molecule has 2 saturated carbocycles. The number of piperidine rings is 1. The minimum absolute atomic E-state index is 0.332. The standard InChI is InChI=1S/C12H23NO.C11H14ClNO2S.C7H16.C3H6.C2H2/c1-3-5-9-13(8-4-2)12(14)10-11-6-7-11;12-10-4-6-11(7-5-10)16(14,15)13-8-2-1-3-9-13;1-3-5-7-6-4-2;1-2-3-1;1-2/h11H,3-10H2,1-2H3;4-7H,1-3,8-9H2;3-7H2,1-2H3;1-3H2;1-2H. The number of rotatable bonds is 13. The van der Waals surface area contributed by atoms with Gasteiger partial charge in [0.1, 0.15) is 0 Å². The molecule has 1 aliphatic heterocycles. The van der Waals surface area contributed by atoms with Gasteiger partial charge in [-0.15, -0.1) is 12.8 Å². The lowest BCUT2D eigenvalue weighted by atomic mass is 10.2. The van der Waals surface area contributed by atoms with Crippen molar-refractivity contribution in [3.8, 4) is 12.8 Å². The van der Waals surface area contributed by atoms with Crippen molar-refractivity contribution in [3.63, 3.8) is 0 Å². The lowest BCUT2D eigenvalue weighted by molar-refractivity contribution is -0.131. The Morgan fingerprint density at radius 2 is 1.29 bits per heavy atom. The predicted molar refractivity (Wildman–Crippen MR) is 181 cm³/mol. The van der Waals surface area contributed by atoms with Gasteiger partial charge < -0.3 is 4.90 Å². The van der Waals surface area contributed by atoms with Crippen molar-refractivity contribution < 1.29 is 13.2 Å². The zero-order valence-corrected chi connectivity index (χ0v) is 28.9. The van der Waals surface area contributed by atoms with Crippen LogP contribution < -0.4 is 0 Å². The number of halogens is 1. The SMILES string of the molecule is C#C.C1CC1.CCCCCCC.CCCCN(CCC)C(=O)CC1CC1.O=S(=O)(c1ccc(Cl)cc1)N1CCCCC1. The maximum absolute atomic E-state index is 12.2. The van der Waals surface area contributed by atoms with Crippen LogP contribution in [0, 0.1) is 18.8 Å². The van der Waals surface area contributed by atoms with Gasteiger partial charge in [-0.3, -0.25) is 4.79 Å². The number of hydrogen-bond acceptors (Lipinski definition) is 3. The van der Waals surface area contributed by atoms with E-state index in [-0.39, 0.29) is 0 Å². The Morgan fingerprint density at radius 1 is 0.786 bits per heavy atom. The average molecular weight is 625 g/mol. The largest absolute Gasteiger partial charge is 0.343 e. The van der Waals surface area contributed by atoms with Crippen molar-refractivity contribution in [3.05, 3.63) is 29.3 Å². The van der Waals surface area contributed by atoms with E-state index in [2.05, 4.69) is 45.4 Å². The second-order valence-electron chi connectivity index (χ2n) is 11.4. The summed E-state index contributed by atoms with van der Waals surface area (Å²) in [5, 5.41) is 0.553. The molecule has 0 unspecified atom stereocenters. The molecule has 0 bridgehead atoms. The van der Waals surface area contributed by atoms with Crippen LogP contribution in [0.5, 0.6) is 0 Å². The first-order chi connectivity index (χ1) is 20.3. The minimum atomic E-state index is -3.30. The highest BCUT2D eigenvalue weighted by atomic mass is 35.5. The number of hydrogen-bond donors (Lipinski definition) is 0. The van der Waals surface area contributed by atoms with Gasteiger partial charge in [0.25, 0.3) is 0 Å². The highest BCUT2D eigenvalue weighted by Crippen LogP contribution is 2.33. The number of unbranched alkanes of at least 4 members (excludes halogenated alkanes) is 5. The van der Waals surface area contributed by atoms with Gasteiger partial charge in [0, 0.05) is 37.6 Å². The minimum Gasteiger partial charge on any atom is -0.343 e. The molecule has 1 saturated heterocycles. The molecule has 1 amide bonds. The van der Waals surface area contributed by atoms with Crippen molar-refractivity contribution in [1.29, 1.82) is 0 Å². The van der Waals surface area contributed by atoms with Crippen LogP contribution in [-0.4, -0.2) is 49.7 Å². The molecule has 3 aliphatic rings. The number of amides is 1. The van der Waals surface area contributed by atoms with Crippen LogP contribution in [0.2, 0.25) is 5.02 Å². The molecule has 242 valence electrons. The summed E-state index contributed by atoms with van der Waals surface area (Å²) in [5.74, 6) is 1.12. The van der Waals surface area contributed by atoms with Crippen LogP contribution in [0.4, 0.5) is 0 Å². The Labute approximate surface area is 265 Å². The summed E-state index contributed by atoms with van der Waals surface area (Å²) in [7, 11) is -3.30. The summed E-state index contributed by atoms with van der Waals surface area (Å²) in [5.41, 5.74) is 0. The lowest BCUT2D eigenvalue weighted by Gasteiger charge is -2.25. The number of nitrogens with zero attached hydrogens (tertiary/aromatic N) is 2. The Kier molecular flexibility index (Phi) is 24.9. The fourth-order valence-electron chi connectivity index (χ4n) is 4.22. The number of sulfonamides is 1. The summed E-state index contributed by atoms with van der Waals surface area (Å²) >= 11 is 5.74. The number of benzene rings is 1. The van der Waals surface area contributed by atoms with Gasteiger partial charge in [-0.05, 0) is 68.7 Å². The molecule has 0 radical (unpaired) electrons. The fourth-order valence-corrected chi connectivity index (χ4v) is 5.86. The molecule has 1 aromatic carbocycles. The van der Waals surface area contributed by atoms with Gasteiger partial charge in [-0.2, -0.15) is 4.31 Å². The van der Waals surface area contributed by atoms with Crippen molar-refractivity contribution in [2.24, 2.45) is 5.92 Å². The Morgan fingerprint density at radius 3 is 1.71 bits per heavy atom. The first-order valence-corrected chi connectivity index (χ1v) is 18.5. The van der Waals surface area contributed by atoms with E-state index in [1.807, 2.05) is 0 Å². The Hall–Kier alpha value is -1.55. The second-order valence-corrected chi connectivity index (χ2v) is 13.8. The van der Waals surface area contributed by atoms with E-state index in [9.17, 15) is 13.2 Å². The first-order valence-electron chi connectivity index (χ1n) is 16.7. The monoisotopic (exact) mass is 624 g/mol. The molecule has 5 nitrogen and oxygen atoms in total. The van der Waals surface area contributed by atoms with Gasteiger partial charge >= 0.3 is 0 Å². The predicted octanol–water partition coefficient (Wildman–Crippen LogP) is 9.74. The van der Waals surface area contributed by atoms with Crippen molar-refractivity contribution in [2.75, 3.05) is 26.2 Å². The Balaban J connectivity index is 0.000000585. The molecule has 0 spiro atoms. The van der Waals surface area contributed by atoms with Crippen LogP contribution >= 0.6 is 11.6 Å². The maximum atomic E-state index is 12.2. The summed E-state index contributed by atoms with van der Waals surface area (Å²) < 4.78 is 25.9. The second kappa shape index (κ2) is 25.9. The molecule has 0 N–H and O–H groups in total. The summed E-state index contributed by atoms with van der Waals surface area (Å²) in [6, 6.07) is 6.34.